The molecule has 3 aromatic rings. The molecule has 24 heavy (non-hydrogen) atoms. The van der Waals surface area contributed by atoms with Crippen molar-refractivity contribution in [1.82, 2.24) is 15.1 Å². The van der Waals surface area contributed by atoms with Crippen LogP contribution in [0, 0.1) is 12.3 Å². The highest BCUT2D eigenvalue weighted by Crippen LogP contribution is 2.45. The average molecular weight is 318 g/mol. The van der Waals surface area contributed by atoms with Crippen molar-refractivity contribution < 1.29 is 0 Å². The zero-order chi connectivity index (χ0) is 16.1. The van der Waals surface area contributed by atoms with Gasteiger partial charge >= 0.3 is 0 Å². The molecule has 1 spiro atoms. The van der Waals surface area contributed by atoms with Gasteiger partial charge in [-0.1, -0.05) is 12.1 Å². The highest BCUT2D eigenvalue weighted by Gasteiger charge is 2.48. The van der Waals surface area contributed by atoms with Crippen LogP contribution in [0.1, 0.15) is 18.4 Å². The number of aromatic nitrogens is 2. The molecule has 2 aromatic carbocycles. The molecule has 5 rings (SSSR count). The van der Waals surface area contributed by atoms with Crippen molar-refractivity contribution in [3.8, 4) is 5.69 Å². The third-order valence-electron chi connectivity index (χ3n) is 5.55. The molecule has 1 saturated carbocycles. The summed E-state index contributed by atoms with van der Waals surface area (Å²) in [6.07, 6.45) is 4.52. The van der Waals surface area contributed by atoms with E-state index in [9.17, 15) is 0 Å². The first-order chi connectivity index (χ1) is 11.7. The van der Waals surface area contributed by atoms with Crippen LogP contribution in [0.15, 0.2) is 48.7 Å². The Kier molecular flexibility index (Phi) is 2.98. The van der Waals surface area contributed by atoms with Crippen LogP contribution in [0.4, 0.5) is 5.69 Å². The Balaban J connectivity index is 1.43. The molecule has 2 aliphatic rings. The lowest BCUT2D eigenvalue weighted by Crippen LogP contribution is -2.63. The third kappa shape index (κ3) is 2.21. The summed E-state index contributed by atoms with van der Waals surface area (Å²) >= 11 is 0. The van der Waals surface area contributed by atoms with E-state index in [1.165, 1.54) is 42.6 Å². The van der Waals surface area contributed by atoms with Crippen molar-refractivity contribution in [2.24, 2.45) is 5.41 Å². The SMILES string of the molecule is Cc1cccc(-n2ncc3ccc(NC4CC5(CNC5)C4)cc32)c1. The van der Waals surface area contributed by atoms with Crippen LogP contribution < -0.4 is 10.6 Å². The van der Waals surface area contributed by atoms with Crippen LogP contribution in [0.25, 0.3) is 16.6 Å². The Bertz CT molecular complexity index is 899. The fraction of sp³-hybridized carbons (Fsp3) is 0.350. The second kappa shape index (κ2) is 5.08. The van der Waals surface area contributed by atoms with Crippen LogP contribution in [0.2, 0.25) is 0 Å². The molecule has 1 saturated heterocycles. The third-order valence-corrected chi connectivity index (χ3v) is 5.55. The summed E-state index contributed by atoms with van der Waals surface area (Å²) in [7, 11) is 0. The number of hydrogen-bond acceptors (Lipinski definition) is 3. The van der Waals surface area contributed by atoms with E-state index in [1.54, 1.807) is 0 Å². The Labute approximate surface area is 141 Å². The van der Waals surface area contributed by atoms with Gasteiger partial charge in [-0.15, -0.1) is 0 Å². The quantitative estimate of drug-likeness (QED) is 0.777. The molecule has 4 heteroatoms. The Morgan fingerprint density at radius 3 is 2.79 bits per heavy atom. The summed E-state index contributed by atoms with van der Waals surface area (Å²) < 4.78 is 2.03. The van der Waals surface area contributed by atoms with E-state index in [0.29, 0.717) is 11.5 Å². The highest BCUT2D eigenvalue weighted by molar-refractivity contribution is 5.83. The maximum Gasteiger partial charge on any atom is 0.0761 e. The van der Waals surface area contributed by atoms with E-state index in [2.05, 4.69) is 65.1 Å². The van der Waals surface area contributed by atoms with Gasteiger partial charge in [-0.25, -0.2) is 4.68 Å². The minimum atomic E-state index is 0.602. The average Bonchev–Trinajstić information content (AvgIpc) is 2.91. The van der Waals surface area contributed by atoms with Crippen molar-refractivity contribution in [3.63, 3.8) is 0 Å². The normalized spacial score (nSPS) is 19.2. The number of nitrogens with one attached hydrogen (secondary N) is 2. The topological polar surface area (TPSA) is 41.9 Å². The molecule has 0 atom stereocenters. The first kappa shape index (κ1) is 14.1. The van der Waals surface area contributed by atoms with Gasteiger partial charge in [0.05, 0.1) is 17.4 Å². The predicted octanol–water partition coefficient (Wildman–Crippen LogP) is 3.50. The second-order valence-electron chi connectivity index (χ2n) is 7.52. The smallest absolute Gasteiger partial charge is 0.0761 e. The lowest BCUT2D eigenvalue weighted by molar-refractivity contribution is 0.0470. The summed E-state index contributed by atoms with van der Waals surface area (Å²) in [5.41, 5.74) is 5.32. The minimum Gasteiger partial charge on any atom is -0.382 e. The Morgan fingerprint density at radius 1 is 1.17 bits per heavy atom. The standard InChI is InChI=1S/C20H22N4/c1-14-3-2-4-18(7-14)24-19-8-16(6-5-15(19)11-22-24)23-17-9-20(10-17)12-21-13-20/h2-8,11,17,21,23H,9-10,12-13H2,1H3. The number of fused-ring (bicyclic) bond motifs is 1. The number of benzene rings is 2. The lowest BCUT2D eigenvalue weighted by Gasteiger charge is -2.54. The first-order valence-electron chi connectivity index (χ1n) is 8.73. The summed E-state index contributed by atoms with van der Waals surface area (Å²) in [6, 6.07) is 15.7. The number of nitrogens with zero attached hydrogens (tertiary/aromatic N) is 2. The number of rotatable bonds is 3. The summed E-state index contributed by atoms with van der Waals surface area (Å²) in [6.45, 7) is 4.51. The van der Waals surface area contributed by atoms with Crippen molar-refractivity contribution in [1.29, 1.82) is 0 Å². The highest BCUT2D eigenvalue weighted by atomic mass is 15.3. The van der Waals surface area contributed by atoms with E-state index in [1.807, 2.05) is 10.9 Å². The van der Waals surface area contributed by atoms with Gasteiger partial charge in [-0.05, 0) is 61.1 Å². The van der Waals surface area contributed by atoms with Gasteiger partial charge in [0.15, 0.2) is 0 Å². The van der Waals surface area contributed by atoms with Crippen LogP contribution in [0.5, 0.6) is 0 Å². The van der Waals surface area contributed by atoms with Gasteiger partial charge in [0.25, 0.3) is 0 Å². The minimum absolute atomic E-state index is 0.602. The summed E-state index contributed by atoms with van der Waals surface area (Å²) in [5, 5.41) is 12.9. The van der Waals surface area contributed by atoms with Gasteiger partial charge in [0.2, 0.25) is 0 Å². The van der Waals surface area contributed by atoms with Gasteiger partial charge in [0, 0.05) is 30.2 Å². The van der Waals surface area contributed by atoms with Crippen molar-refractivity contribution in [3.05, 3.63) is 54.2 Å². The zero-order valence-electron chi connectivity index (χ0n) is 13.9. The van der Waals surface area contributed by atoms with E-state index in [4.69, 9.17) is 0 Å². The van der Waals surface area contributed by atoms with Crippen LogP contribution in [-0.4, -0.2) is 28.9 Å². The maximum atomic E-state index is 4.59. The molecule has 122 valence electrons. The number of anilines is 1. The molecule has 1 aliphatic heterocycles. The maximum absolute atomic E-state index is 4.59. The fourth-order valence-corrected chi connectivity index (χ4v) is 4.16. The lowest BCUT2D eigenvalue weighted by atomic mass is 9.61. The molecular formula is C20H22N4. The molecular weight excluding hydrogens is 296 g/mol. The molecule has 1 aromatic heterocycles. The van der Waals surface area contributed by atoms with Gasteiger partial charge in [0.1, 0.15) is 0 Å². The zero-order valence-corrected chi connectivity index (χ0v) is 13.9. The fourth-order valence-electron chi connectivity index (χ4n) is 4.16. The van der Waals surface area contributed by atoms with Crippen molar-refractivity contribution in [2.75, 3.05) is 18.4 Å². The molecule has 0 amide bonds. The van der Waals surface area contributed by atoms with E-state index >= 15 is 0 Å². The first-order valence-corrected chi connectivity index (χ1v) is 8.73. The molecule has 0 bridgehead atoms. The molecule has 0 unspecified atom stereocenters. The molecule has 4 nitrogen and oxygen atoms in total. The second-order valence-corrected chi connectivity index (χ2v) is 7.52. The largest absolute Gasteiger partial charge is 0.382 e. The van der Waals surface area contributed by atoms with Crippen LogP contribution in [-0.2, 0) is 0 Å². The van der Waals surface area contributed by atoms with E-state index < -0.39 is 0 Å². The van der Waals surface area contributed by atoms with E-state index in [0.717, 1.165) is 11.2 Å². The van der Waals surface area contributed by atoms with Gasteiger partial charge < -0.3 is 10.6 Å². The van der Waals surface area contributed by atoms with Gasteiger partial charge in [-0.2, -0.15) is 5.10 Å². The number of hydrogen-bond donors (Lipinski definition) is 2. The van der Waals surface area contributed by atoms with Crippen LogP contribution >= 0.6 is 0 Å². The van der Waals surface area contributed by atoms with E-state index in [-0.39, 0.29) is 0 Å². The Hall–Kier alpha value is -2.33. The molecule has 1 aliphatic carbocycles. The predicted molar refractivity (Wildman–Crippen MR) is 97.8 cm³/mol. The summed E-state index contributed by atoms with van der Waals surface area (Å²) in [4.78, 5) is 0. The Morgan fingerprint density at radius 2 is 2.04 bits per heavy atom. The molecule has 2 heterocycles. The summed E-state index contributed by atoms with van der Waals surface area (Å²) in [5.74, 6) is 0. The monoisotopic (exact) mass is 318 g/mol. The van der Waals surface area contributed by atoms with Gasteiger partial charge in [-0.3, -0.25) is 0 Å². The van der Waals surface area contributed by atoms with Crippen LogP contribution in [0.3, 0.4) is 0 Å². The number of aryl methyl sites for hydroxylation is 1. The molecule has 2 N–H and O–H groups in total. The van der Waals surface area contributed by atoms with Crippen molar-refractivity contribution >= 4 is 16.6 Å². The molecule has 0 radical (unpaired) electrons. The molecule has 2 fully saturated rings. The van der Waals surface area contributed by atoms with Crippen molar-refractivity contribution in [2.45, 2.75) is 25.8 Å².